The van der Waals surface area contributed by atoms with Crippen LogP contribution in [0.15, 0.2) is 18.2 Å². The average Bonchev–Trinajstić information content (AvgIpc) is 2.23. The Morgan fingerprint density at radius 2 is 1.94 bits per heavy atom. The first-order valence-corrected chi connectivity index (χ1v) is 5.16. The number of nitrogens with zero attached hydrogens (tertiary/aromatic N) is 1. The van der Waals surface area contributed by atoms with E-state index in [0.29, 0.717) is 12.1 Å². The van der Waals surface area contributed by atoms with Gasteiger partial charge in [0.15, 0.2) is 0 Å². The van der Waals surface area contributed by atoms with Crippen LogP contribution in [0.25, 0.3) is 10.9 Å². The predicted molar refractivity (Wildman–Crippen MR) is 60.1 cm³/mol. The molecule has 0 saturated carbocycles. The highest BCUT2D eigenvalue weighted by Crippen LogP contribution is 2.26. The number of rotatable bonds is 2. The summed E-state index contributed by atoms with van der Waals surface area (Å²) in [6, 6.07) is 3.74. The van der Waals surface area contributed by atoms with Gasteiger partial charge in [0.05, 0.1) is 5.39 Å². The molecule has 0 amide bonds. The third-order valence-electron chi connectivity index (χ3n) is 2.45. The van der Waals surface area contributed by atoms with Crippen LogP contribution in [0.2, 0.25) is 0 Å². The van der Waals surface area contributed by atoms with E-state index in [1.807, 2.05) is 6.92 Å². The largest absolute Gasteiger partial charge is 0.398 e. The molecule has 0 fully saturated rings. The molecular weight excluding hydrogens is 210 g/mol. The highest BCUT2D eigenvalue weighted by Gasteiger charge is 2.11. The molecule has 0 aliphatic heterocycles. The van der Waals surface area contributed by atoms with Crippen molar-refractivity contribution >= 4 is 16.6 Å². The molecule has 1 aromatic heterocycles. The topological polar surface area (TPSA) is 38.9 Å². The lowest BCUT2D eigenvalue weighted by Crippen LogP contribution is -1.99. The molecule has 4 heteroatoms. The summed E-state index contributed by atoms with van der Waals surface area (Å²) >= 11 is 0. The third kappa shape index (κ3) is 1.71. The Balaban J connectivity index is 2.76. The van der Waals surface area contributed by atoms with Gasteiger partial charge < -0.3 is 5.73 Å². The van der Waals surface area contributed by atoms with Gasteiger partial charge in [-0.3, -0.25) is 0 Å². The van der Waals surface area contributed by atoms with Crippen molar-refractivity contribution in [2.75, 3.05) is 5.73 Å². The van der Waals surface area contributed by atoms with Gasteiger partial charge in [0, 0.05) is 11.4 Å². The van der Waals surface area contributed by atoms with E-state index in [2.05, 4.69) is 4.98 Å². The zero-order valence-corrected chi connectivity index (χ0v) is 8.93. The average molecular weight is 222 g/mol. The van der Waals surface area contributed by atoms with Gasteiger partial charge in [0.25, 0.3) is 0 Å². The lowest BCUT2D eigenvalue weighted by atomic mass is 10.1. The summed E-state index contributed by atoms with van der Waals surface area (Å²) in [6.07, 6.45) is 1.59. The van der Waals surface area contributed by atoms with Crippen LogP contribution in [0.3, 0.4) is 0 Å². The van der Waals surface area contributed by atoms with Crippen LogP contribution in [0.1, 0.15) is 19.0 Å². The van der Waals surface area contributed by atoms with Crippen molar-refractivity contribution in [1.82, 2.24) is 4.98 Å². The van der Waals surface area contributed by atoms with Gasteiger partial charge in [0.1, 0.15) is 17.2 Å². The molecule has 0 aliphatic carbocycles. The van der Waals surface area contributed by atoms with Gasteiger partial charge >= 0.3 is 0 Å². The molecule has 0 aliphatic rings. The molecule has 2 N–H and O–H groups in total. The second-order valence-electron chi connectivity index (χ2n) is 3.71. The Morgan fingerprint density at radius 3 is 2.62 bits per heavy atom. The number of aryl methyl sites for hydroxylation is 1. The second-order valence-corrected chi connectivity index (χ2v) is 3.71. The maximum Gasteiger partial charge on any atom is 0.149 e. The number of benzene rings is 1. The van der Waals surface area contributed by atoms with E-state index in [1.54, 1.807) is 6.07 Å². The molecular formula is C12H12F2N2. The number of nitrogen functional groups attached to an aromatic ring is 1. The summed E-state index contributed by atoms with van der Waals surface area (Å²) in [5, 5.41) is 0.0693. The molecule has 2 rings (SSSR count). The number of halogens is 2. The minimum absolute atomic E-state index is 0.0171. The molecule has 2 nitrogen and oxygen atoms in total. The molecule has 84 valence electrons. The lowest BCUT2D eigenvalue weighted by molar-refractivity contribution is 0.615. The van der Waals surface area contributed by atoms with Crippen molar-refractivity contribution in [3.63, 3.8) is 0 Å². The van der Waals surface area contributed by atoms with Crippen LogP contribution in [0.4, 0.5) is 14.5 Å². The zero-order valence-electron chi connectivity index (χ0n) is 8.93. The smallest absolute Gasteiger partial charge is 0.149 e. The maximum atomic E-state index is 13.5. The van der Waals surface area contributed by atoms with Crippen LogP contribution >= 0.6 is 0 Å². The van der Waals surface area contributed by atoms with E-state index in [1.165, 1.54) is 0 Å². The Bertz CT molecular complexity index is 538. The summed E-state index contributed by atoms with van der Waals surface area (Å²) in [4.78, 5) is 4.09. The minimum Gasteiger partial charge on any atom is -0.398 e. The first kappa shape index (κ1) is 10.8. The quantitative estimate of drug-likeness (QED) is 0.848. The van der Waals surface area contributed by atoms with Crippen molar-refractivity contribution in [2.45, 2.75) is 19.8 Å². The fraction of sp³-hybridized carbons (Fsp3) is 0.250. The van der Waals surface area contributed by atoms with E-state index >= 15 is 0 Å². The molecule has 0 bridgehead atoms. The Morgan fingerprint density at radius 1 is 1.25 bits per heavy atom. The first-order valence-electron chi connectivity index (χ1n) is 5.16. The van der Waals surface area contributed by atoms with Crippen molar-refractivity contribution in [3.8, 4) is 0 Å². The zero-order chi connectivity index (χ0) is 11.7. The molecule has 2 aromatic rings. The van der Waals surface area contributed by atoms with Gasteiger partial charge in [-0.25, -0.2) is 13.8 Å². The van der Waals surface area contributed by atoms with Crippen molar-refractivity contribution in [3.05, 3.63) is 35.5 Å². The molecule has 1 aromatic carbocycles. The Hall–Kier alpha value is -1.71. The van der Waals surface area contributed by atoms with Gasteiger partial charge in [-0.15, -0.1) is 0 Å². The lowest BCUT2D eigenvalue weighted by Gasteiger charge is -2.07. The number of pyridine rings is 1. The van der Waals surface area contributed by atoms with Crippen molar-refractivity contribution < 1.29 is 8.78 Å². The highest BCUT2D eigenvalue weighted by molar-refractivity contribution is 5.91. The second kappa shape index (κ2) is 4.04. The minimum atomic E-state index is -0.541. The summed E-state index contributed by atoms with van der Waals surface area (Å²) in [5.41, 5.74) is 6.66. The van der Waals surface area contributed by atoms with Gasteiger partial charge in [-0.05, 0) is 24.6 Å². The van der Waals surface area contributed by atoms with Gasteiger partial charge in [-0.2, -0.15) is 0 Å². The molecule has 0 saturated heterocycles. The van der Waals surface area contributed by atoms with Gasteiger partial charge in [0.2, 0.25) is 0 Å². The number of anilines is 1. The summed E-state index contributed by atoms with van der Waals surface area (Å²) in [5.74, 6) is -1.08. The molecule has 0 spiro atoms. The Labute approximate surface area is 92.1 Å². The number of fused-ring (bicyclic) bond motifs is 1. The molecule has 0 radical (unpaired) electrons. The SMILES string of the molecule is CCCc1cc(N)c2c(F)ccc(F)c2n1. The molecule has 0 unspecified atom stereocenters. The normalized spacial score (nSPS) is 10.9. The highest BCUT2D eigenvalue weighted by atomic mass is 19.1. The van der Waals surface area contributed by atoms with E-state index in [9.17, 15) is 8.78 Å². The third-order valence-corrected chi connectivity index (χ3v) is 2.45. The van der Waals surface area contributed by atoms with Crippen molar-refractivity contribution in [2.24, 2.45) is 0 Å². The Kier molecular flexibility index (Phi) is 2.73. The summed E-state index contributed by atoms with van der Waals surface area (Å²) < 4.78 is 26.9. The molecule has 16 heavy (non-hydrogen) atoms. The standard InChI is InChI=1S/C12H12F2N2/c1-2-3-7-6-10(15)11-8(13)4-5-9(14)12(11)16-7/h4-6H,2-3H2,1H3,(H2,15,16). The van der Waals surface area contributed by atoms with Crippen LogP contribution in [0.5, 0.6) is 0 Å². The summed E-state index contributed by atoms with van der Waals surface area (Å²) in [6.45, 7) is 1.99. The van der Waals surface area contributed by atoms with E-state index in [0.717, 1.165) is 18.6 Å². The van der Waals surface area contributed by atoms with Crippen LogP contribution in [-0.2, 0) is 6.42 Å². The van der Waals surface area contributed by atoms with E-state index < -0.39 is 11.6 Å². The van der Waals surface area contributed by atoms with Gasteiger partial charge in [-0.1, -0.05) is 13.3 Å². The molecule has 0 atom stereocenters. The number of aromatic nitrogens is 1. The van der Waals surface area contributed by atoms with Crippen molar-refractivity contribution in [1.29, 1.82) is 0 Å². The first-order chi connectivity index (χ1) is 7.63. The fourth-order valence-corrected chi connectivity index (χ4v) is 1.74. The maximum absolute atomic E-state index is 13.5. The van der Waals surface area contributed by atoms with E-state index in [-0.39, 0.29) is 16.6 Å². The summed E-state index contributed by atoms with van der Waals surface area (Å²) in [7, 11) is 0. The monoisotopic (exact) mass is 222 g/mol. The fourth-order valence-electron chi connectivity index (χ4n) is 1.74. The van der Waals surface area contributed by atoms with Crippen LogP contribution in [-0.4, -0.2) is 4.98 Å². The molecule has 1 heterocycles. The number of hydrogen-bond acceptors (Lipinski definition) is 2. The van der Waals surface area contributed by atoms with E-state index in [4.69, 9.17) is 5.73 Å². The number of nitrogens with two attached hydrogens (primary N) is 1. The van der Waals surface area contributed by atoms with Crippen LogP contribution in [0, 0.1) is 11.6 Å². The number of hydrogen-bond donors (Lipinski definition) is 1. The predicted octanol–water partition coefficient (Wildman–Crippen LogP) is 3.05. The van der Waals surface area contributed by atoms with Crippen LogP contribution < -0.4 is 5.73 Å².